The summed E-state index contributed by atoms with van der Waals surface area (Å²) in [5.41, 5.74) is 5.35. The Kier molecular flexibility index (Phi) is 7.04. The average molecular weight is 555 g/mol. The number of hydrogen-bond acceptors (Lipinski definition) is 6. The molecule has 1 amide bonds. The van der Waals surface area contributed by atoms with Crippen LogP contribution in [0.15, 0.2) is 77.9 Å². The summed E-state index contributed by atoms with van der Waals surface area (Å²) in [6.45, 7) is 5.83. The summed E-state index contributed by atoms with van der Waals surface area (Å²) in [5.74, 6) is 0.0706. The molecule has 0 bridgehead atoms. The number of aliphatic imine (C=N–C) groups is 1. The summed E-state index contributed by atoms with van der Waals surface area (Å²) in [4.78, 5) is 29.0. The number of nitrogens with one attached hydrogen (secondary N) is 2. The fourth-order valence-electron chi connectivity index (χ4n) is 5.37. The zero-order valence-electron chi connectivity index (χ0n) is 22.2. The molecule has 2 N–H and O–H groups in total. The van der Waals surface area contributed by atoms with Crippen LogP contribution in [0.1, 0.15) is 40.9 Å². The number of piperazine rings is 1. The first-order valence-corrected chi connectivity index (χ1v) is 13.6. The van der Waals surface area contributed by atoms with Crippen LogP contribution in [0.3, 0.4) is 0 Å². The number of aromatic nitrogens is 2. The van der Waals surface area contributed by atoms with Gasteiger partial charge in [0, 0.05) is 69.9 Å². The summed E-state index contributed by atoms with van der Waals surface area (Å²) < 4.78 is 14.8. The van der Waals surface area contributed by atoms with E-state index in [2.05, 4.69) is 29.5 Å². The second-order valence-corrected chi connectivity index (χ2v) is 10.7. The first-order valence-electron chi connectivity index (χ1n) is 13.2. The van der Waals surface area contributed by atoms with E-state index in [-0.39, 0.29) is 23.8 Å². The smallest absolute Gasteiger partial charge is 0.253 e. The predicted molar refractivity (Wildman–Crippen MR) is 156 cm³/mol. The lowest BCUT2D eigenvalue weighted by Crippen LogP contribution is -2.55. The summed E-state index contributed by atoms with van der Waals surface area (Å²) in [6.07, 6.45) is 1.74. The topological polar surface area (TPSA) is 82.5 Å². The van der Waals surface area contributed by atoms with Crippen molar-refractivity contribution >= 4 is 34.9 Å². The van der Waals surface area contributed by atoms with E-state index in [1.54, 1.807) is 36.5 Å². The molecule has 2 unspecified atom stereocenters. The number of carbonyl (C=O) groups excluding carboxylic acids is 1. The summed E-state index contributed by atoms with van der Waals surface area (Å²) in [5, 5.41) is 7.23. The maximum Gasteiger partial charge on any atom is 0.253 e. The van der Waals surface area contributed by atoms with Crippen molar-refractivity contribution < 1.29 is 9.18 Å². The molecule has 2 aliphatic heterocycles. The molecule has 1 aromatic heterocycles. The summed E-state index contributed by atoms with van der Waals surface area (Å²) in [7, 11) is 0. The van der Waals surface area contributed by atoms with Gasteiger partial charge in [-0.15, -0.1) is 0 Å². The predicted octanol–water partition coefficient (Wildman–Crippen LogP) is 5.85. The largest absolute Gasteiger partial charge is 0.336 e. The van der Waals surface area contributed by atoms with Gasteiger partial charge in [-0.05, 0) is 62.4 Å². The van der Waals surface area contributed by atoms with Crippen molar-refractivity contribution in [1.29, 1.82) is 0 Å². The Labute approximate surface area is 237 Å². The molecule has 0 aliphatic carbocycles. The number of benzene rings is 3. The first-order chi connectivity index (χ1) is 19.4. The Morgan fingerprint density at radius 3 is 2.50 bits per heavy atom. The fraction of sp³-hybridized carbons (Fsp3) is 0.226. The van der Waals surface area contributed by atoms with Crippen LogP contribution in [0.25, 0.3) is 11.3 Å². The molecule has 4 aromatic rings. The Balaban J connectivity index is 1.27. The van der Waals surface area contributed by atoms with Crippen molar-refractivity contribution in [3.63, 3.8) is 0 Å². The van der Waals surface area contributed by atoms with Gasteiger partial charge in [0.1, 0.15) is 5.82 Å². The van der Waals surface area contributed by atoms with E-state index in [9.17, 15) is 9.18 Å². The molecular weight excluding hydrogens is 527 g/mol. The monoisotopic (exact) mass is 554 g/mol. The highest BCUT2D eigenvalue weighted by atomic mass is 35.5. The molecule has 0 spiro atoms. The van der Waals surface area contributed by atoms with E-state index >= 15 is 0 Å². The molecule has 6 rings (SSSR count). The van der Waals surface area contributed by atoms with Gasteiger partial charge in [-0.2, -0.15) is 0 Å². The van der Waals surface area contributed by atoms with Crippen molar-refractivity contribution in [1.82, 2.24) is 20.2 Å². The minimum atomic E-state index is -0.352. The molecule has 7 nitrogen and oxygen atoms in total. The quantitative estimate of drug-likeness (QED) is 0.330. The third-order valence-electron chi connectivity index (χ3n) is 7.13. The average Bonchev–Trinajstić information content (AvgIpc) is 3.09. The number of anilines is 2. The third kappa shape index (κ3) is 5.20. The molecule has 3 aromatic carbocycles. The van der Waals surface area contributed by atoms with Gasteiger partial charge in [0.15, 0.2) is 0 Å². The SMILES string of the molecule is CC1CN(C(=O)c2ccc(Nc3ncc4c(n3)-c3ccc(Cl)cc3C(c3ccccc3F)=NC4)cc2)CC(C)N1. The molecule has 2 atom stereocenters. The van der Waals surface area contributed by atoms with Gasteiger partial charge in [-0.1, -0.05) is 29.8 Å². The normalized spacial score (nSPS) is 18.3. The van der Waals surface area contributed by atoms with Gasteiger partial charge >= 0.3 is 0 Å². The van der Waals surface area contributed by atoms with E-state index in [4.69, 9.17) is 21.6 Å². The number of hydrogen-bond donors (Lipinski definition) is 2. The number of amides is 1. The summed E-state index contributed by atoms with van der Waals surface area (Å²) in [6, 6.07) is 19.9. The van der Waals surface area contributed by atoms with Crippen LogP contribution in [-0.2, 0) is 6.54 Å². The van der Waals surface area contributed by atoms with Crippen LogP contribution in [0.4, 0.5) is 16.0 Å². The maximum absolute atomic E-state index is 14.8. The van der Waals surface area contributed by atoms with E-state index in [0.29, 0.717) is 58.7 Å². The van der Waals surface area contributed by atoms with E-state index in [1.165, 1.54) is 6.07 Å². The van der Waals surface area contributed by atoms with Crippen LogP contribution in [0.5, 0.6) is 0 Å². The van der Waals surface area contributed by atoms with Crippen LogP contribution in [0.2, 0.25) is 5.02 Å². The second kappa shape index (κ2) is 10.8. The van der Waals surface area contributed by atoms with Gasteiger partial charge in [0.2, 0.25) is 5.95 Å². The van der Waals surface area contributed by atoms with Crippen molar-refractivity contribution in [3.8, 4) is 11.3 Å². The third-order valence-corrected chi connectivity index (χ3v) is 7.36. The minimum absolute atomic E-state index is 0.0222. The van der Waals surface area contributed by atoms with Crippen LogP contribution < -0.4 is 10.6 Å². The summed E-state index contributed by atoms with van der Waals surface area (Å²) >= 11 is 6.36. The highest BCUT2D eigenvalue weighted by Crippen LogP contribution is 2.34. The van der Waals surface area contributed by atoms with Crippen LogP contribution in [0, 0.1) is 5.82 Å². The molecule has 3 heterocycles. The standard InChI is InChI=1S/C31H28ClFN6O/c1-18-16-39(17-19(2)36-18)30(40)20-7-10-23(11-8-20)37-31-35-15-21-14-34-29(25-5-3-4-6-27(25)33)26-13-22(32)9-12-24(26)28(21)38-31/h3-13,15,18-19,36H,14,16-17H2,1-2H3,(H,35,37,38). The Morgan fingerprint density at radius 1 is 1.00 bits per heavy atom. The number of carbonyl (C=O) groups is 1. The van der Waals surface area contributed by atoms with Gasteiger partial charge < -0.3 is 15.5 Å². The lowest BCUT2D eigenvalue weighted by atomic mass is 9.95. The van der Waals surface area contributed by atoms with Crippen molar-refractivity contribution in [2.24, 2.45) is 4.99 Å². The number of fused-ring (bicyclic) bond motifs is 3. The van der Waals surface area contributed by atoms with Crippen molar-refractivity contribution in [2.45, 2.75) is 32.5 Å². The van der Waals surface area contributed by atoms with Crippen LogP contribution in [-0.4, -0.2) is 51.7 Å². The molecule has 9 heteroatoms. The molecule has 40 heavy (non-hydrogen) atoms. The number of halogens is 2. The minimum Gasteiger partial charge on any atom is -0.336 e. The zero-order valence-corrected chi connectivity index (χ0v) is 22.9. The highest BCUT2D eigenvalue weighted by Gasteiger charge is 2.26. The Morgan fingerprint density at radius 2 is 1.75 bits per heavy atom. The number of nitrogens with zero attached hydrogens (tertiary/aromatic N) is 4. The Hall–Kier alpha value is -4.14. The van der Waals surface area contributed by atoms with E-state index in [0.717, 1.165) is 16.8 Å². The maximum atomic E-state index is 14.8. The molecule has 2 aliphatic rings. The van der Waals surface area contributed by atoms with Crippen molar-refractivity contribution in [2.75, 3.05) is 18.4 Å². The lowest BCUT2D eigenvalue weighted by Gasteiger charge is -2.36. The second-order valence-electron chi connectivity index (χ2n) is 10.3. The van der Waals surface area contributed by atoms with Crippen molar-refractivity contribution in [3.05, 3.63) is 106 Å². The van der Waals surface area contributed by atoms with E-state index in [1.807, 2.05) is 35.2 Å². The fourth-order valence-corrected chi connectivity index (χ4v) is 5.54. The highest BCUT2D eigenvalue weighted by molar-refractivity contribution is 6.31. The molecule has 0 radical (unpaired) electrons. The first kappa shape index (κ1) is 26.1. The Bertz CT molecular complexity index is 1610. The molecule has 1 fully saturated rings. The van der Waals surface area contributed by atoms with Gasteiger partial charge in [-0.3, -0.25) is 9.79 Å². The molecule has 202 valence electrons. The lowest BCUT2D eigenvalue weighted by molar-refractivity contribution is 0.0674. The molecule has 1 saturated heterocycles. The van der Waals surface area contributed by atoms with Gasteiger partial charge in [0.25, 0.3) is 5.91 Å². The molecular formula is C31H28ClFN6O. The zero-order chi connectivity index (χ0) is 27.8. The number of rotatable bonds is 4. The van der Waals surface area contributed by atoms with Crippen LogP contribution >= 0.6 is 11.6 Å². The molecule has 0 saturated carbocycles. The van der Waals surface area contributed by atoms with E-state index < -0.39 is 0 Å². The van der Waals surface area contributed by atoms with Gasteiger partial charge in [0.05, 0.1) is 18.0 Å². The van der Waals surface area contributed by atoms with Gasteiger partial charge in [-0.25, -0.2) is 14.4 Å².